The average Bonchev–Trinajstić information content (AvgIpc) is 3.58. The first-order valence-corrected chi connectivity index (χ1v) is 10.1. The normalized spacial score (nSPS) is 17.0. The molecule has 1 aliphatic carbocycles. The number of amides is 1. The van der Waals surface area contributed by atoms with E-state index in [1.165, 1.54) is 0 Å². The van der Waals surface area contributed by atoms with Crippen LogP contribution in [0.15, 0.2) is 60.7 Å². The molecule has 1 saturated carbocycles. The maximum Gasteiger partial charge on any atom is 0.227 e. The van der Waals surface area contributed by atoms with Gasteiger partial charge in [0.25, 0.3) is 0 Å². The SMILES string of the molecule is COc1cccc2c1-c1ccc(NC(=O)C3CC3)cc1C(c1cccc(Cl)c1)O2. The number of fused-ring (bicyclic) bond motifs is 3. The van der Waals surface area contributed by atoms with Crippen LogP contribution in [0.4, 0.5) is 5.69 Å². The molecule has 0 radical (unpaired) electrons. The molecule has 5 heteroatoms. The smallest absolute Gasteiger partial charge is 0.227 e. The van der Waals surface area contributed by atoms with Gasteiger partial charge in [-0.15, -0.1) is 0 Å². The van der Waals surface area contributed by atoms with Crippen LogP contribution in [0, 0.1) is 5.92 Å². The van der Waals surface area contributed by atoms with Gasteiger partial charge in [0.1, 0.15) is 17.6 Å². The van der Waals surface area contributed by atoms with E-state index in [9.17, 15) is 4.79 Å². The Morgan fingerprint density at radius 2 is 1.93 bits per heavy atom. The molecule has 1 atom stereocenters. The largest absolute Gasteiger partial charge is 0.496 e. The van der Waals surface area contributed by atoms with Crippen LogP contribution in [0.25, 0.3) is 11.1 Å². The van der Waals surface area contributed by atoms with Gasteiger partial charge in [-0.3, -0.25) is 4.79 Å². The van der Waals surface area contributed by atoms with Gasteiger partial charge < -0.3 is 14.8 Å². The number of hydrogen-bond donors (Lipinski definition) is 1. The van der Waals surface area contributed by atoms with Crippen molar-refractivity contribution >= 4 is 23.2 Å². The van der Waals surface area contributed by atoms with Crippen LogP contribution in [0.5, 0.6) is 11.5 Å². The maximum atomic E-state index is 12.3. The van der Waals surface area contributed by atoms with Crippen molar-refractivity contribution in [3.8, 4) is 22.6 Å². The second-order valence-corrected chi connectivity index (χ2v) is 7.89. The van der Waals surface area contributed by atoms with E-state index in [0.717, 1.165) is 52.3 Å². The topological polar surface area (TPSA) is 47.6 Å². The summed E-state index contributed by atoms with van der Waals surface area (Å²) < 4.78 is 12.0. The fourth-order valence-corrected chi connectivity index (χ4v) is 4.03. The van der Waals surface area contributed by atoms with Crippen molar-refractivity contribution < 1.29 is 14.3 Å². The number of carbonyl (C=O) groups is 1. The average molecular weight is 406 g/mol. The van der Waals surface area contributed by atoms with Gasteiger partial charge in [0.2, 0.25) is 5.91 Å². The Labute approximate surface area is 174 Å². The molecule has 0 bridgehead atoms. The number of ether oxygens (including phenoxy) is 2. The molecule has 5 rings (SSSR count). The Balaban J connectivity index is 1.64. The fourth-order valence-electron chi connectivity index (χ4n) is 3.83. The lowest BCUT2D eigenvalue weighted by atomic mass is 9.88. The molecule has 1 fully saturated rings. The molecule has 146 valence electrons. The molecule has 29 heavy (non-hydrogen) atoms. The van der Waals surface area contributed by atoms with E-state index >= 15 is 0 Å². The lowest BCUT2D eigenvalue weighted by molar-refractivity contribution is -0.117. The molecule has 2 aliphatic rings. The van der Waals surface area contributed by atoms with E-state index < -0.39 is 0 Å². The predicted octanol–water partition coefficient (Wildman–Crippen LogP) is 5.85. The molecule has 0 saturated heterocycles. The monoisotopic (exact) mass is 405 g/mol. The van der Waals surface area contributed by atoms with Gasteiger partial charge in [-0.25, -0.2) is 0 Å². The predicted molar refractivity (Wildman–Crippen MR) is 114 cm³/mol. The van der Waals surface area contributed by atoms with Gasteiger partial charge in [-0.05, 0) is 60.4 Å². The summed E-state index contributed by atoms with van der Waals surface area (Å²) in [5.41, 5.74) is 4.65. The molecular weight excluding hydrogens is 386 g/mol. The highest BCUT2D eigenvalue weighted by Gasteiger charge is 2.32. The highest BCUT2D eigenvalue weighted by Crippen LogP contribution is 2.49. The first-order chi connectivity index (χ1) is 14.1. The number of hydrogen-bond acceptors (Lipinski definition) is 3. The lowest BCUT2D eigenvalue weighted by Crippen LogP contribution is -2.18. The van der Waals surface area contributed by atoms with Crippen molar-refractivity contribution in [2.45, 2.75) is 18.9 Å². The summed E-state index contributed by atoms with van der Waals surface area (Å²) in [6, 6.07) is 19.4. The van der Waals surface area contributed by atoms with E-state index in [4.69, 9.17) is 21.1 Å². The van der Waals surface area contributed by atoms with Crippen LogP contribution >= 0.6 is 11.6 Å². The van der Waals surface area contributed by atoms with Crippen LogP contribution in [-0.4, -0.2) is 13.0 Å². The number of rotatable bonds is 4. The second kappa shape index (κ2) is 7.12. The fraction of sp³-hybridized carbons (Fsp3) is 0.208. The molecule has 1 N–H and O–H groups in total. The van der Waals surface area contributed by atoms with Gasteiger partial charge in [0.05, 0.1) is 12.7 Å². The van der Waals surface area contributed by atoms with Crippen LogP contribution < -0.4 is 14.8 Å². The van der Waals surface area contributed by atoms with Gasteiger partial charge in [0, 0.05) is 22.2 Å². The Kier molecular flexibility index (Phi) is 4.44. The molecule has 3 aromatic carbocycles. The number of benzene rings is 3. The second-order valence-electron chi connectivity index (χ2n) is 7.45. The maximum absolute atomic E-state index is 12.3. The molecule has 1 amide bonds. The quantitative estimate of drug-likeness (QED) is 0.592. The number of anilines is 1. The zero-order valence-electron chi connectivity index (χ0n) is 15.9. The first-order valence-electron chi connectivity index (χ1n) is 9.68. The third-order valence-corrected chi connectivity index (χ3v) is 5.66. The minimum Gasteiger partial charge on any atom is -0.496 e. The summed E-state index contributed by atoms with van der Waals surface area (Å²) in [6.07, 6.45) is 1.60. The van der Waals surface area contributed by atoms with Crippen LogP contribution in [0.2, 0.25) is 5.02 Å². The highest BCUT2D eigenvalue weighted by molar-refractivity contribution is 6.30. The van der Waals surface area contributed by atoms with E-state index in [1.807, 2.05) is 60.7 Å². The van der Waals surface area contributed by atoms with E-state index in [0.29, 0.717) is 5.02 Å². The summed E-state index contributed by atoms with van der Waals surface area (Å²) in [5.74, 6) is 1.74. The van der Waals surface area contributed by atoms with Crippen LogP contribution in [0.3, 0.4) is 0 Å². The third kappa shape index (κ3) is 3.34. The minimum absolute atomic E-state index is 0.0824. The molecule has 1 aliphatic heterocycles. The van der Waals surface area contributed by atoms with E-state index in [1.54, 1.807) is 7.11 Å². The van der Waals surface area contributed by atoms with Crippen molar-refractivity contribution in [1.82, 2.24) is 0 Å². The minimum atomic E-state index is -0.332. The summed E-state index contributed by atoms with van der Waals surface area (Å²) in [6.45, 7) is 0. The van der Waals surface area contributed by atoms with Gasteiger partial charge in [0.15, 0.2) is 0 Å². The first kappa shape index (κ1) is 18.1. The highest BCUT2D eigenvalue weighted by atomic mass is 35.5. The summed E-state index contributed by atoms with van der Waals surface area (Å²) in [4.78, 5) is 12.3. The molecule has 1 heterocycles. The molecule has 1 unspecified atom stereocenters. The molecule has 4 nitrogen and oxygen atoms in total. The van der Waals surface area contributed by atoms with E-state index in [2.05, 4.69) is 5.32 Å². The standard InChI is InChI=1S/C24H20ClNO3/c1-28-20-6-3-7-21-22(20)18-11-10-17(26-24(27)14-8-9-14)13-19(18)23(29-21)15-4-2-5-16(25)12-15/h2-7,10-14,23H,8-9H2,1H3,(H,26,27). The van der Waals surface area contributed by atoms with E-state index in [-0.39, 0.29) is 17.9 Å². The van der Waals surface area contributed by atoms with Crippen LogP contribution in [-0.2, 0) is 4.79 Å². The summed E-state index contributed by atoms with van der Waals surface area (Å²) in [5, 5.41) is 3.69. The number of methoxy groups -OCH3 is 1. The Morgan fingerprint density at radius 1 is 1.10 bits per heavy atom. The number of halogens is 1. The zero-order valence-corrected chi connectivity index (χ0v) is 16.7. The van der Waals surface area contributed by atoms with Gasteiger partial charge in [-0.2, -0.15) is 0 Å². The Bertz CT molecular complexity index is 1110. The van der Waals surface area contributed by atoms with Crippen molar-refractivity contribution in [2.75, 3.05) is 12.4 Å². The summed E-state index contributed by atoms with van der Waals surface area (Å²) >= 11 is 6.25. The third-order valence-electron chi connectivity index (χ3n) is 5.42. The number of carbonyl (C=O) groups excluding carboxylic acids is 1. The Morgan fingerprint density at radius 3 is 2.69 bits per heavy atom. The lowest BCUT2D eigenvalue weighted by Gasteiger charge is -2.30. The molecule has 0 spiro atoms. The zero-order chi connectivity index (χ0) is 20.0. The van der Waals surface area contributed by atoms with Crippen molar-refractivity contribution in [3.63, 3.8) is 0 Å². The van der Waals surface area contributed by atoms with Crippen LogP contribution in [0.1, 0.15) is 30.1 Å². The summed E-state index contributed by atoms with van der Waals surface area (Å²) in [7, 11) is 1.66. The molecular formula is C24H20ClNO3. The van der Waals surface area contributed by atoms with Crippen molar-refractivity contribution in [2.24, 2.45) is 5.92 Å². The Hall–Kier alpha value is -2.98. The number of nitrogens with one attached hydrogen (secondary N) is 1. The van der Waals surface area contributed by atoms with Crippen molar-refractivity contribution in [3.05, 3.63) is 76.8 Å². The van der Waals surface area contributed by atoms with Gasteiger partial charge in [-0.1, -0.05) is 35.9 Å². The van der Waals surface area contributed by atoms with Crippen molar-refractivity contribution in [1.29, 1.82) is 0 Å². The van der Waals surface area contributed by atoms with Gasteiger partial charge >= 0.3 is 0 Å². The molecule has 3 aromatic rings. The molecule has 0 aromatic heterocycles.